The Bertz CT molecular complexity index is 1130. The number of nitrogens with zero attached hydrogens (tertiary/aromatic N) is 3. The van der Waals surface area contributed by atoms with Crippen molar-refractivity contribution in [3.8, 4) is 17.0 Å². The van der Waals surface area contributed by atoms with E-state index in [1.165, 1.54) is 0 Å². The number of rotatable bonds is 8. The van der Waals surface area contributed by atoms with Crippen LogP contribution in [0.15, 0.2) is 85.3 Å². The van der Waals surface area contributed by atoms with Crippen LogP contribution < -0.4 is 10.2 Å². The van der Waals surface area contributed by atoms with Crippen LogP contribution in [0.3, 0.4) is 0 Å². The predicted octanol–water partition coefficient (Wildman–Crippen LogP) is 3.86. The summed E-state index contributed by atoms with van der Waals surface area (Å²) in [7, 11) is 1.61. The van der Waals surface area contributed by atoms with Crippen molar-refractivity contribution in [2.24, 2.45) is 0 Å². The van der Waals surface area contributed by atoms with E-state index in [9.17, 15) is 4.79 Å². The summed E-state index contributed by atoms with van der Waals surface area (Å²) in [5.41, 5.74) is 6.26. The fourth-order valence-corrected chi connectivity index (χ4v) is 3.12. The number of nitrogens with one attached hydrogen (secondary N) is 1. The maximum atomic E-state index is 12.9. The molecule has 0 aliphatic carbocycles. The van der Waals surface area contributed by atoms with Crippen LogP contribution in [-0.4, -0.2) is 27.8 Å². The number of pyridine rings is 1. The van der Waals surface area contributed by atoms with E-state index in [2.05, 4.69) is 15.6 Å². The molecule has 0 spiro atoms. The van der Waals surface area contributed by atoms with Gasteiger partial charge in [0.05, 0.1) is 19.2 Å². The minimum absolute atomic E-state index is 0.218. The molecule has 0 saturated heterocycles. The van der Waals surface area contributed by atoms with E-state index >= 15 is 0 Å². The summed E-state index contributed by atoms with van der Waals surface area (Å²) in [6.45, 7) is 0.767. The van der Waals surface area contributed by atoms with Gasteiger partial charge in [-0.2, -0.15) is 5.10 Å². The Hall–Kier alpha value is -3.97. The molecule has 0 aliphatic heterocycles. The molecule has 4 aromatic rings. The van der Waals surface area contributed by atoms with Crippen LogP contribution in [-0.2, 0) is 18.0 Å². The van der Waals surface area contributed by atoms with Crippen molar-refractivity contribution in [3.05, 3.63) is 102 Å². The molecule has 7 nitrogen and oxygen atoms in total. The third-order valence-electron chi connectivity index (χ3n) is 4.68. The molecular weight excluding hydrogens is 392 g/mol. The monoisotopic (exact) mass is 414 g/mol. The molecule has 7 heteroatoms. The summed E-state index contributed by atoms with van der Waals surface area (Å²) in [5.74, 6) is 0.368. The second-order valence-corrected chi connectivity index (χ2v) is 6.88. The minimum Gasteiger partial charge on any atom is -0.497 e. The van der Waals surface area contributed by atoms with Gasteiger partial charge in [-0.3, -0.25) is 19.3 Å². The first-order chi connectivity index (χ1) is 15.2. The first-order valence-corrected chi connectivity index (χ1v) is 9.80. The highest BCUT2D eigenvalue weighted by Crippen LogP contribution is 2.25. The lowest BCUT2D eigenvalue weighted by Crippen LogP contribution is -2.23. The number of aromatic nitrogens is 3. The molecule has 2 heterocycles. The van der Waals surface area contributed by atoms with Crippen LogP contribution in [0.2, 0.25) is 0 Å². The van der Waals surface area contributed by atoms with Gasteiger partial charge in [0, 0.05) is 24.2 Å². The van der Waals surface area contributed by atoms with Crippen molar-refractivity contribution in [1.29, 1.82) is 0 Å². The molecule has 31 heavy (non-hydrogen) atoms. The maximum Gasteiger partial charge on any atom is 0.278 e. The minimum atomic E-state index is -0.367. The third kappa shape index (κ3) is 5.15. The number of amides is 1. The average molecular weight is 414 g/mol. The van der Waals surface area contributed by atoms with Crippen LogP contribution >= 0.6 is 0 Å². The Morgan fingerprint density at radius 2 is 1.77 bits per heavy atom. The summed E-state index contributed by atoms with van der Waals surface area (Å²) < 4.78 is 6.99. The lowest BCUT2D eigenvalue weighted by atomic mass is 10.1. The highest BCUT2D eigenvalue weighted by atomic mass is 16.6. The van der Waals surface area contributed by atoms with Crippen LogP contribution in [0.5, 0.6) is 5.75 Å². The summed E-state index contributed by atoms with van der Waals surface area (Å²) in [5, 5.41) is 4.67. The molecule has 0 atom stereocenters. The highest BCUT2D eigenvalue weighted by Gasteiger charge is 2.18. The van der Waals surface area contributed by atoms with Crippen LogP contribution in [0.1, 0.15) is 21.5 Å². The zero-order valence-corrected chi connectivity index (χ0v) is 17.1. The molecule has 4 rings (SSSR count). The molecule has 0 saturated carbocycles. The largest absolute Gasteiger partial charge is 0.497 e. The van der Waals surface area contributed by atoms with Crippen molar-refractivity contribution in [3.63, 3.8) is 0 Å². The van der Waals surface area contributed by atoms with Crippen molar-refractivity contribution in [2.75, 3.05) is 7.11 Å². The van der Waals surface area contributed by atoms with Gasteiger partial charge in [0.15, 0.2) is 0 Å². The molecular formula is C24H22N4O3. The Labute approximate surface area is 180 Å². The second kappa shape index (κ2) is 9.69. The van der Waals surface area contributed by atoms with Gasteiger partial charge in [-0.25, -0.2) is 5.48 Å². The number of ether oxygens (including phenoxy) is 1. The first kappa shape index (κ1) is 20.3. The zero-order valence-electron chi connectivity index (χ0n) is 17.1. The van der Waals surface area contributed by atoms with Crippen molar-refractivity contribution < 1.29 is 14.4 Å². The number of hydrogen-bond acceptors (Lipinski definition) is 5. The second-order valence-electron chi connectivity index (χ2n) is 6.88. The van der Waals surface area contributed by atoms with Crippen LogP contribution in [0, 0.1) is 0 Å². The topological polar surface area (TPSA) is 78.3 Å². The quantitative estimate of drug-likeness (QED) is 0.443. The van der Waals surface area contributed by atoms with Crippen LogP contribution in [0.4, 0.5) is 0 Å². The summed E-state index contributed by atoms with van der Waals surface area (Å²) in [6.07, 6.45) is 5.10. The normalized spacial score (nSPS) is 10.6. The lowest BCUT2D eigenvalue weighted by molar-refractivity contribution is 0.0233. The summed E-state index contributed by atoms with van der Waals surface area (Å²) in [4.78, 5) is 22.3. The van der Waals surface area contributed by atoms with E-state index < -0.39 is 0 Å². The Balaban J connectivity index is 1.56. The molecule has 0 bridgehead atoms. The van der Waals surface area contributed by atoms with E-state index in [0.717, 1.165) is 22.4 Å². The SMILES string of the molecule is COc1ccc(-c2nn(Cc3ccccc3)cc2C(=O)NOCc2cccnc2)cc1. The molecule has 0 unspecified atom stereocenters. The van der Waals surface area contributed by atoms with E-state index in [4.69, 9.17) is 9.57 Å². The Morgan fingerprint density at radius 3 is 2.48 bits per heavy atom. The third-order valence-corrected chi connectivity index (χ3v) is 4.68. The van der Waals surface area contributed by atoms with Gasteiger partial charge in [0.1, 0.15) is 18.1 Å². The van der Waals surface area contributed by atoms with Crippen molar-refractivity contribution in [1.82, 2.24) is 20.2 Å². The molecule has 1 amide bonds. The molecule has 0 fully saturated rings. The Kier molecular flexibility index (Phi) is 6.35. The molecule has 1 N–H and O–H groups in total. The molecule has 2 aromatic carbocycles. The van der Waals surface area contributed by atoms with Gasteiger partial charge in [0.2, 0.25) is 0 Å². The van der Waals surface area contributed by atoms with Crippen molar-refractivity contribution in [2.45, 2.75) is 13.2 Å². The van der Waals surface area contributed by atoms with Crippen molar-refractivity contribution >= 4 is 5.91 Å². The van der Waals surface area contributed by atoms with E-state index in [1.807, 2.05) is 66.7 Å². The fourth-order valence-electron chi connectivity index (χ4n) is 3.12. The van der Waals surface area contributed by atoms with Crippen LogP contribution in [0.25, 0.3) is 11.3 Å². The van der Waals surface area contributed by atoms with E-state index in [1.54, 1.807) is 30.4 Å². The number of carbonyl (C=O) groups is 1. The Morgan fingerprint density at radius 1 is 1.00 bits per heavy atom. The standard InChI is InChI=1S/C24H22N4O3/c1-30-21-11-9-20(10-12-21)23-22(16-28(26-23)15-18-6-3-2-4-7-18)24(29)27-31-17-19-8-5-13-25-14-19/h2-14,16H,15,17H2,1H3,(H,27,29). The fraction of sp³-hybridized carbons (Fsp3) is 0.125. The smallest absolute Gasteiger partial charge is 0.278 e. The predicted molar refractivity (Wildman–Crippen MR) is 116 cm³/mol. The number of carbonyl (C=O) groups excluding carboxylic acids is 1. The van der Waals surface area contributed by atoms with Gasteiger partial charge in [-0.05, 0) is 41.5 Å². The number of hydroxylamine groups is 1. The molecule has 156 valence electrons. The number of benzene rings is 2. The first-order valence-electron chi connectivity index (χ1n) is 9.80. The van der Waals surface area contributed by atoms with E-state index in [-0.39, 0.29) is 12.5 Å². The molecule has 0 aliphatic rings. The van der Waals surface area contributed by atoms with E-state index in [0.29, 0.717) is 17.8 Å². The van der Waals surface area contributed by atoms with Gasteiger partial charge in [-0.15, -0.1) is 0 Å². The summed E-state index contributed by atoms with van der Waals surface area (Å²) >= 11 is 0. The highest BCUT2D eigenvalue weighted by molar-refractivity contribution is 5.99. The molecule has 2 aromatic heterocycles. The molecule has 0 radical (unpaired) electrons. The number of hydrogen-bond donors (Lipinski definition) is 1. The van der Waals surface area contributed by atoms with Gasteiger partial charge in [-0.1, -0.05) is 36.4 Å². The van der Waals surface area contributed by atoms with Gasteiger partial charge in [0.25, 0.3) is 5.91 Å². The average Bonchev–Trinajstić information content (AvgIpc) is 3.24. The maximum absolute atomic E-state index is 12.9. The van der Waals surface area contributed by atoms with Gasteiger partial charge >= 0.3 is 0 Å². The lowest BCUT2D eigenvalue weighted by Gasteiger charge is -2.06. The zero-order chi connectivity index (χ0) is 21.5. The summed E-state index contributed by atoms with van der Waals surface area (Å²) in [6, 6.07) is 21.1. The van der Waals surface area contributed by atoms with Gasteiger partial charge < -0.3 is 4.74 Å². The number of methoxy groups -OCH3 is 1.